The normalized spacial score (nSPS) is 12.9. The summed E-state index contributed by atoms with van der Waals surface area (Å²) >= 11 is 0. The van der Waals surface area contributed by atoms with Crippen LogP contribution in [-0.2, 0) is 6.61 Å². The van der Waals surface area contributed by atoms with Gasteiger partial charge in [-0.1, -0.05) is 12.1 Å². The lowest BCUT2D eigenvalue weighted by Gasteiger charge is -2.20. The van der Waals surface area contributed by atoms with Crippen LogP contribution in [0.25, 0.3) is 0 Å². The van der Waals surface area contributed by atoms with Gasteiger partial charge in [-0.25, -0.2) is 4.39 Å². The van der Waals surface area contributed by atoms with Gasteiger partial charge in [0, 0.05) is 29.1 Å². The van der Waals surface area contributed by atoms with E-state index in [0.29, 0.717) is 23.4 Å². The number of aromatic hydroxyl groups is 1. The zero-order valence-electron chi connectivity index (χ0n) is 14.1. The molecule has 1 atom stereocenters. The van der Waals surface area contributed by atoms with Crippen molar-refractivity contribution in [3.8, 4) is 5.75 Å². The topological polar surface area (TPSA) is 70.2 Å². The smallest absolute Gasteiger partial charge is 0.145 e. The number of aryl methyl sites for hydroxylation is 1. The Morgan fingerprint density at radius 3 is 2.75 bits per heavy atom. The number of rotatable bonds is 6. The fraction of sp³-hybridized carbons (Fsp3) is 0.333. The largest absolute Gasteiger partial charge is 0.505 e. The molecular formula is C18H23FN3O2+. The Balaban J connectivity index is 2.24. The number of aliphatic hydroxyl groups is 1. The lowest BCUT2D eigenvalue weighted by atomic mass is 10.1. The molecule has 6 heteroatoms. The lowest BCUT2D eigenvalue weighted by molar-refractivity contribution is -0.890. The summed E-state index contributed by atoms with van der Waals surface area (Å²) in [6.07, 6.45) is 3.07. The number of aromatic nitrogens is 1. The number of quaternary nitrogens is 1. The maximum atomic E-state index is 13.5. The van der Waals surface area contributed by atoms with Gasteiger partial charge in [0.2, 0.25) is 0 Å². The average Bonchev–Trinajstić information content (AvgIpc) is 2.55. The molecule has 128 valence electrons. The molecule has 24 heavy (non-hydrogen) atoms. The summed E-state index contributed by atoms with van der Waals surface area (Å²) in [4.78, 5) is 9.55. The van der Waals surface area contributed by atoms with E-state index in [1.54, 1.807) is 19.2 Å². The minimum atomic E-state index is -0.271. The molecule has 0 radical (unpaired) electrons. The summed E-state index contributed by atoms with van der Waals surface area (Å²) < 4.78 is 13.5. The van der Waals surface area contributed by atoms with Crippen molar-refractivity contribution in [3.05, 3.63) is 58.7 Å². The van der Waals surface area contributed by atoms with E-state index in [0.717, 1.165) is 10.5 Å². The van der Waals surface area contributed by atoms with E-state index in [2.05, 4.69) is 9.98 Å². The summed E-state index contributed by atoms with van der Waals surface area (Å²) in [7, 11) is 3.97. The highest BCUT2D eigenvalue weighted by Gasteiger charge is 2.18. The van der Waals surface area contributed by atoms with Crippen molar-refractivity contribution in [2.24, 2.45) is 4.99 Å². The van der Waals surface area contributed by atoms with Gasteiger partial charge in [-0.3, -0.25) is 9.98 Å². The molecule has 0 fully saturated rings. The third-order valence-corrected chi connectivity index (χ3v) is 3.98. The fourth-order valence-electron chi connectivity index (χ4n) is 2.52. The quantitative estimate of drug-likeness (QED) is 0.692. The summed E-state index contributed by atoms with van der Waals surface area (Å²) in [5.74, 6) is -0.252. The third kappa shape index (κ3) is 4.15. The molecule has 3 N–H and O–H groups in total. The molecule has 0 aliphatic rings. The molecule has 0 unspecified atom stereocenters. The van der Waals surface area contributed by atoms with Crippen molar-refractivity contribution in [3.63, 3.8) is 0 Å². The highest BCUT2D eigenvalue weighted by molar-refractivity contribution is 5.85. The highest BCUT2D eigenvalue weighted by atomic mass is 19.1. The number of aliphatic hydroxyl groups excluding tert-OH is 1. The predicted octanol–water partition coefficient (Wildman–Crippen LogP) is 1.03. The standard InChI is InChI=1S/C18H22FN3O2/c1-12-18(24)16(14(11-23)8-21-12)9-20-10-17(22(2)3)13-5-4-6-15(19)7-13/h4-9,17,23-24H,10-11H2,1-3H3/p+1/t17-/m1/s1. The lowest BCUT2D eigenvalue weighted by Crippen LogP contribution is -3.06. The second-order valence-electron chi connectivity index (χ2n) is 5.97. The Kier molecular flexibility index (Phi) is 6.00. The van der Waals surface area contributed by atoms with Gasteiger partial charge < -0.3 is 15.1 Å². The van der Waals surface area contributed by atoms with Crippen LogP contribution in [0.1, 0.15) is 28.4 Å². The minimum absolute atomic E-state index is 0.0143. The van der Waals surface area contributed by atoms with Gasteiger partial charge in [0.1, 0.15) is 17.6 Å². The van der Waals surface area contributed by atoms with Crippen LogP contribution in [0.3, 0.4) is 0 Å². The Morgan fingerprint density at radius 2 is 2.12 bits per heavy atom. The fourth-order valence-corrected chi connectivity index (χ4v) is 2.52. The van der Waals surface area contributed by atoms with Crippen LogP contribution < -0.4 is 4.90 Å². The number of halogens is 1. The van der Waals surface area contributed by atoms with Gasteiger partial charge in [-0.05, 0) is 19.1 Å². The number of nitrogens with zero attached hydrogens (tertiary/aromatic N) is 2. The first-order valence-corrected chi connectivity index (χ1v) is 7.77. The first-order valence-electron chi connectivity index (χ1n) is 7.77. The molecule has 0 spiro atoms. The van der Waals surface area contributed by atoms with Gasteiger partial charge in [-0.15, -0.1) is 0 Å². The molecule has 0 saturated carbocycles. The second kappa shape index (κ2) is 7.99. The Hall–Kier alpha value is -2.31. The Bertz CT molecular complexity index is 732. The third-order valence-electron chi connectivity index (χ3n) is 3.98. The highest BCUT2D eigenvalue weighted by Crippen LogP contribution is 2.22. The number of benzene rings is 1. The van der Waals surface area contributed by atoms with Gasteiger partial charge in [-0.2, -0.15) is 0 Å². The molecule has 0 amide bonds. The van der Waals surface area contributed by atoms with E-state index < -0.39 is 0 Å². The summed E-state index contributed by atoms with van der Waals surface area (Å²) in [6, 6.07) is 6.48. The number of hydrogen-bond donors (Lipinski definition) is 3. The van der Waals surface area contributed by atoms with Crippen LogP contribution >= 0.6 is 0 Å². The molecule has 1 heterocycles. The SMILES string of the molecule is Cc1ncc(CO)c(C=NC[C@H](c2cccc(F)c2)[NH+](C)C)c1O. The average molecular weight is 332 g/mol. The monoisotopic (exact) mass is 332 g/mol. The summed E-state index contributed by atoms with van der Waals surface area (Å²) in [5, 5.41) is 19.5. The van der Waals surface area contributed by atoms with Crippen LogP contribution in [0, 0.1) is 12.7 Å². The van der Waals surface area contributed by atoms with Crippen LogP contribution in [0.5, 0.6) is 5.75 Å². The maximum absolute atomic E-state index is 13.5. The molecule has 0 aliphatic heterocycles. The van der Waals surface area contributed by atoms with Crippen molar-refractivity contribution in [2.45, 2.75) is 19.6 Å². The zero-order chi connectivity index (χ0) is 17.7. The van der Waals surface area contributed by atoms with E-state index in [4.69, 9.17) is 0 Å². The van der Waals surface area contributed by atoms with Crippen molar-refractivity contribution in [2.75, 3.05) is 20.6 Å². The minimum Gasteiger partial charge on any atom is -0.505 e. The van der Waals surface area contributed by atoms with E-state index in [1.807, 2.05) is 20.2 Å². The molecular weight excluding hydrogens is 309 g/mol. The second-order valence-corrected chi connectivity index (χ2v) is 5.97. The first kappa shape index (κ1) is 18.0. The number of hydrogen-bond acceptors (Lipinski definition) is 4. The molecule has 5 nitrogen and oxygen atoms in total. The number of aliphatic imine (C=N–C) groups is 1. The number of nitrogens with one attached hydrogen (secondary N) is 1. The van der Waals surface area contributed by atoms with Gasteiger partial charge >= 0.3 is 0 Å². The molecule has 2 aromatic rings. The molecule has 0 aliphatic carbocycles. The van der Waals surface area contributed by atoms with Crippen molar-refractivity contribution in [1.82, 2.24) is 4.98 Å². The number of pyridine rings is 1. The molecule has 0 bridgehead atoms. The predicted molar refractivity (Wildman–Crippen MR) is 91.0 cm³/mol. The maximum Gasteiger partial charge on any atom is 0.145 e. The van der Waals surface area contributed by atoms with Crippen molar-refractivity contribution >= 4 is 6.21 Å². The van der Waals surface area contributed by atoms with E-state index in [1.165, 1.54) is 18.3 Å². The summed E-state index contributed by atoms with van der Waals surface area (Å²) in [5.41, 5.74) is 2.33. The summed E-state index contributed by atoms with van der Waals surface area (Å²) in [6.45, 7) is 1.89. The van der Waals surface area contributed by atoms with Gasteiger partial charge in [0.25, 0.3) is 0 Å². The Labute approximate surface area is 141 Å². The van der Waals surface area contributed by atoms with Crippen molar-refractivity contribution < 1.29 is 19.5 Å². The van der Waals surface area contributed by atoms with E-state index in [9.17, 15) is 14.6 Å². The van der Waals surface area contributed by atoms with Crippen LogP contribution in [0.4, 0.5) is 4.39 Å². The first-order chi connectivity index (χ1) is 11.4. The molecule has 1 aromatic heterocycles. The number of likely N-dealkylation sites (N-methyl/N-ethyl adjacent to an activating group) is 1. The van der Waals surface area contributed by atoms with E-state index >= 15 is 0 Å². The Morgan fingerprint density at radius 1 is 1.38 bits per heavy atom. The van der Waals surface area contributed by atoms with Crippen LogP contribution in [0.15, 0.2) is 35.5 Å². The van der Waals surface area contributed by atoms with Gasteiger partial charge in [0.05, 0.1) is 32.9 Å². The van der Waals surface area contributed by atoms with Crippen LogP contribution in [0.2, 0.25) is 0 Å². The molecule has 1 aromatic carbocycles. The van der Waals surface area contributed by atoms with Crippen LogP contribution in [-0.4, -0.2) is 42.1 Å². The molecule has 2 rings (SSSR count). The van der Waals surface area contributed by atoms with Crippen molar-refractivity contribution in [1.29, 1.82) is 0 Å². The van der Waals surface area contributed by atoms with E-state index in [-0.39, 0.29) is 24.2 Å². The van der Waals surface area contributed by atoms with Gasteiger partial charge in [0.15, 0.2) is 0 Å². The molecule has 0 saturated heterocycles. The zero-order valence-corrected chi connectivity index (χ0v) is 14.1.